The van der Waals surface area contributed by atoms with E-state index in [1.165, 1.54) is 0 Å². The van der Waals surface area contributed by atoms with Crippen LogP contribution in [0.2, 0.25) is 0 Å². The first-order valence-electron chi connectivity index (χ1n) is 5.49. The molecule has 0 atom stereocenters. The van der Waals surface area contributed by atoms with Gasteiger partial charge < -0.3 is 15.2 Å². The Morgan fingerprint density at radius 2 is 1.94 bits per heavy atom. The van der Waals surface area contributed by atoms with Crippen LogP contribution >= 0.6 is 0 Å². The van der Waals surface area contributed by atoms with Crippen LogP contribution in [0, 0.1) is 0 Å². The van der Waals surface area contributed by atoms with Crippen molar-refractivity contribution >= 4 is 0 Å². The molecule has 0 fully saturated rings. The van der Waals surface area contributed by atoms with E-state index >= 15 is 0 Å². The van der Waals surface area contributed by atoms with Gasteiger partial charge in [0.25, 0.3) is 0 Å². The van der Waals surface area contributed by atoms with Gasteiger partial charge in [0.2, 0.25) is 11.7 Å². The first-order chi connectivity index (χ1) is 8.86. The van der Waals surface area contributed by atoms with Crippen LogP contribution in [0.15, 0.2) is 41.2 Å². The molecule has 0 aliphatic rings. The van der Waals surface area contributed by atoms with Crippen LogP contribution < -0.4 is 5.73 Å². The number of nitrogens with two attached hydrogens (primary N) is 1. The Kier molecular flexibility index (Phi) is 2.62. The van der Waals surface area contributed by atoms with Crippen LogP contribution in [0.3, 0.4) is 0 Å². The summed E-state index contributed by atoms with van der Waals surface area (Å²) >= 11 is 0. The average molecular weight is 241 g/mol. The Hall–Kier alpha value is -2.47. The summed E-state index contributed by atoms with van der Waals surface area (Å²) in [7, 11) is 0. The molecule has 6 nitrogen and oxygen atoms in total. The summed E-state index contributed by atoms with van der Waals surface area (Å²) in [4.78, 5) is 11.4. The lowest BCUT2D eigenvalue weighted by molar-refractivity contribution is 0.380. The molecule has 0 aliphatic heterocycles. The molecule has 1 aromatic carbocycles. The van der Waals surface area contributed by atoms with Crippen LogP contribution in [0.4, 0.5) is 0 Å². The fourth-order valence-electron chi connectivity index (χ4n) is 1.66. The largest absolute Gasteiger partial charge is 0.345 e. The second-order valence-electron chi connectivity index (χ2n) is 3.73. The Morgan fingerprint density at radius 1 is 1.17 bits per heavy atom. The van der Waals surface area contributed by atoms with Crippen molar-refractivity contribution < 1.29 is 4.52 Å². The Balaban J connectivity index is 1.91. The molecular weight excluding hydrogens is 230 g/mol. The zero-order valence-electron chi connectivity index (χ0n) is 9.50. The summed E-state index contributed by atoms with van der Waals surface area (Å²) in [6, 6.07) is 7.74. The topological polar surface area (TPSA) is 93.6 Å². The highest BCUT2D eigenvalue weighted by atomic mass is 16.5. The van der Waals surface area contributed by atoms with E-state index in [0.29, 0.717) is 11.7 Å². The van der Waals surface area contributed by atoms with Crippen molar-refractivity contribution in [1.29, 1.82) is 0 Å². The van der Waals surface area contributed by atoms with E-state index in [1.807, 2.05) is 24.3 Å². The van der Waals surface area contributed by atoms with Crippen molar-refractivity contribution in [3.8, 4) is 22.8 Å². The monoisotopic (exact) mass is 241 g/mol. The van der Waals surface area contributed by atoms with Gasteiger partial charge in [-0.3, -0.25) is 0 Å². The van der Waals surface area contributed by atoms with E-state index in [2.05, 4.69) is 20.1 Å². The molecule has 18 heavy (non-hydrogen) atoms. The minimum atomic E-state index is 0.247. The molecule has 90 valence electrons. The lowest BCUT2D eigenvalue weighted by Gasteiger charge is -1.98. The highest BCUT2D eigenvalue weighted by Gasteiger charge is 2.07. The van der Waals surface area contributed by atoms with Gasteiger partial charge in [-0.15, -0.1) is 0 Å². The highest BCUT2D eigenvalue weighted by molar-refractivity contribution is 5.62. The molecule has 0 amide bonds. The molecule has 2 aromatic heterocycles. The normalized spacial score (nSPS) is 10.7. The van der Waals surface area contributed by atoms with Crippen molar-refractivity contribution in [1.82, 2.24) is 20.1 Å². The van der Waals surface area contributed by atoms with Gasteiger partial charge in [0.15, 0.2) is 0 Å². The number of nitrogens with one attached hydrogen (secondary N) is 1. The van der Waals surface area contributed by atoms with Crippen LogP contribution in [0.1, 0.15) is 5.89 Å². The lowest BCUT2D eigenvalue weighted by atomic mass is 10.1. The van der Waals surface area contributed by atoms with Crippen molar-refractivity contribution in [2.75, 3.05) is 0 Å². The summed E-state index contributed by atoms with van der Waals surface area (Å²) in [5, 5.41) is 3.86. The molecule has 0 spiro atoms. The second kappa shape index (κ2) is 4.42. The van der Waals surface area contributed by atoms with Gasteiger partial charge >= 0.3 is 0 Å². The molecule has 3 N–H and O–H groups in total. The molecule has 6 heteroatoms. The number of hydrogen-bond donors (Lipinski definition) is 2. The lowest BCUT2D eigenvalue weighted by Crippen LogP contribution is -1.95. The van der Waals surface area contributed by atoms with Crippen molar-refractivity contribution in [2.24, 2.45) is 5.73 Å². The first-order valence-corrected chi connectivity index (χ1v) is 5.49. The average Bonchev–Trinajstić information content (AvgIpc) is 3.10. The number of H-pyrrole nitrogens is 1. The van der Waals surface area contributed by atoms with E-state index in [0.717, 1.165) is 17.0 Å². The van der Waals surface area contributed by atoms with Gasteiger partial charge in [-0.25, -0.2) is 4.98 Å². The molecule has 0 bridgehead atoms. The fraction of sp³-hybridized carbons (Fsp3) is 0.0833. The third-order valence-corrected chi connectivity index (χ3v) is 2.56. The molecule has 0 saturated heterocycles. The van der Waals surface area contributed by atoms with Gasteiger partial charge in [-0.05, 0) is 0 Å². The number of aromatic amines is 1. The minimum Gasteiger partial charge on any atom is -0.345 e. The maximum atomic E-state index is 5.42. The van der Waals surface area contributed by atoms with E-state index < -0.39 is 0 Å². The Morgan fingerprint density at radius 3 is 2.56 bits per heavy atom. The number of hydrogen-bond acceptors (Lipinski definition) is 5. The van der Waals surface area contributed by atoms with Crippen molar-refractivity contribution in [2.45, 2.75) is 6.54 Å². The molecular formula is C12H11N5O. The van der Waals surface area contributed by atoms with E-state index in [-0.39, 0.29) is 6.54 Å². The number of rotatable bonds is 3. The second-order valence-corrected chi connectivity index (χ2v) is 3.73. The minimum absolute atomic E-state index is 0.247. The Labute approximate surface area is 103 Å². The number of imidazole rings is 1. The van der Waals surface area contributed by atoms with Crippen LogP contribution in [0.25, 0.3) is 22.8 Å². The zero-order valence-corrected chi connectivity index (χ0v) is 9.50. The van der Waals surface area contributed by atoms with Crippen molar-refractivity contribution in [3.63, 3.8) is 0 Å². The molecule has 3 aromatic rings. The molecule has 3 rings (SSSR count). The summed E-state index contributed by atoms with van der Waals surface area (Å²) in [5.41, 5.74) is 7.31. The van der Waals surface area contributed by atoms with Crippen molar-refractivity contribution in [3.05, 3.63) is 42.5 Å². The molecule has 0 unspecified atom stereocenters. The van der Waals surface area contributed by atoms with Crippen LogP contribution in [-0.2, 0) is 6.54 Å². The summed E-state index contributed by atoms with van der Waals surface area (Å²) < 4.78 is 4.97. The van der Waals surface area contributed by atoms with E-state index in [9.17, 15) is 0 Å². The third kappa shape index (κ3) is 1.89. The quantitative estimate of drug-likeness (QED) is 0.726. The maximum absolute atomic E-state index is 5.42. The molecule has 0 aliphatic carbocycles. The Bertz CT molecular complexity index is 627. The highest BCUT2D eigenvalue weighted by Crippen LogP contribution is 2.20. The van der Waals surface area contributed by atoms with Gasteiger partial charge in [0.05, 0.1) is 6.54 Å². The number of nitrogens with zero attached hydrogens (tertiary/aromatic N) is 3. The molecule has 0 radical (unpaired) electrons. The third-order valence-electron chi connectivity index (χ3n) is 2.56. The SMILES string of the molecule is NCc1nc(-c2ccc(-c3ncc[nH]3)cc2)no1. The summed E-state index contributed by atoms with van der Waals surface area (Å²) in [6.45, 7) is 0.247. The molecule has 0 saturated carbocycles. The van der Waals surface area contributed by atoms with Gasteiger partial charge in [-0.1, -0.05) is 29.4 Å². The predicted molar refractivity (Wildman–Crippen MR) is 65.2 cm³/mol. The first kappa shape index (κ1) is 10.7. The number of benzene rings is 1. The zero-order chi connectivity index (χ0) is 12.4. The summed E-state index contributed by atoms with van der Waals surface area (Å²) in [5.74, 6) is 1.80. The van der Waals surface area contributed by atoms with Gasteiger partial charge in [0, 0.05) is 23.5 Å². The standard InChI is InChI=1S/C12H11N5O/c13-7-10-16-12(17-18-10)9-3-1-8(2-4-9)11-14-5-6-15-11/h1-6H,7,13H2,(H,14,15). The van der Waals surface area contributed by atoms with E-state index in [4.69, 9.17) is 10.3 Å². The van der Waals surface area contributed by atoms with Crippen LogP contribution in [0.5, 0.6) is 0 Å². The fourth-order valence-corrected chi connectivity index (χ4v) is 1.66. The predicted octanol–water partition coefficient (Wildman–Crippen LogP) is 1.59. The van der Waals surface area contributed by atoms with Gasteiger partial charge in [0.1, 0.15) is 5.82 Å². The summed E-state index contributed by atoms with van der Waals surface area (Å²) in [6.07, 6.45) is 3.51. The van der Waals surface area contributed by atoms with Gasteiger partial charge in [-0.2, -0.15) is 4.98 Å². The number of aromatic nitrogens is 4. The maximum Gasteiger partial charge on any atom is 0.240 e. The van der Waals surface area contributed by atoms with Crippen LogP contribution in [-0.4, -0.2) is 20.1 Å². The molecule has 2 heterocycles. The van der Waals surface area contributed by atoms with E-state index in [1.54, 1.807) is 12.4 Å². The smallest absolute Gasteiger partial charge is 0.240 e.